The molecule has 98 valence electrons. The molecule has 2 rings (SSSR count). The van der Waals surface area contributed by atoms with E-state index in [2.05, 4.69) is 18.9 Å². The van der Waals surface area contributed by atoms with Crippen molar-refractivity contribution < 1.29 is 4.42 Å². The molecular formula is C14H21N3O. The zero-order valence-corrected chi connectivity index (χ0v) is 11.3. The highest BCUT2D eigenvalue weighted by Gasteiger charge is 2.13. The molecule has 0 aliphatic carbocycles. The number of furan rings is 1. The zero-order valence-electron chi connectivity index (χ0n) is 11.3. The first-order chi connectivity index (χ1) is 8.60. The molecule has 0 amide bonds. The number of hydrogen-bond donors (Lipinski definition) is 1. The summed E-state index contributed by atoms with van der Waals surface area (Å²) >= 11 is 0. The van der Waals surface area contributed by atoms with E-state index in [-0.39, 0.29) is 6.04 Å². The van der Waals surface area contributed by atoms with Crippen molar-refractivity contribution in [1.82, 2.24) is 9.78 Å². The van der Waals surface area contributed by atoms with Crippen LogP contribution in [-0.4, -0.2) is 9.78 Å². The molecule has 2 aromatic rings. The van der Waals surface area contributed by atoms with Crippen molar-refractivity contribution in [3.63, 3.8) is 0 Å². The fourth-order valence-corrected chi connectivity index (χ4v) is 1.90. The van der Waals surface area contributed by atoms with E-state index in [9.17, 15) is 0 Å². The Balaban J connectivity index is 2.03. The molecule has 0 spiro atoms. The molecule has 2 atom stereocenters. The summed E-state index contributed by atoms with van der Waals surface area (Å²) in [6, 6.07) is 6.21. The van der Waals surface area contributed by atoms with Crippen molar-refractivity contribution in [1.29, 1.82) is 0 Å². The second-order valence-electron chi connectivity index (χ2n) is 4.80. The first-order valence-corrected chi connectivity index (χ1v) is 6.46. The van der Waals surface area contributed by atoms with Crippen LogP contribution in [0.15, 0.2) is 28.8 Å². The molecule has 0 fully saturated rings. The van der Waals surface area contributed by atoms with Crippen molar-refractivity contribution in [2.75, 3.05) is 0 Å². The van der Waals surface area contributed by atoms with Gasteiger partial charge in [0.25, 0.3) is 0 Å². The number of nitrogens with zero attached hydrogens (tertiary/aromatic N) is 2. The Kier molecular flexibility index (Phi) is 3.87. The van der Waals surface area contributed by atoms with E-state index in [4.69, 9.17) is 10.2 Å². The topological polar surface area (TPSA) is 57.0 Å². The van der Waals surface area contributed by atoms with Gasteiger partial charge < -0.3 is 10.2 Å². The summed E-state index contributed by atoms with van der Waals surface area (Å²) in [6.07, 6.45) is 3.80. The fourth-order valence-electron chi connectivity index (χ4n) is 1.90. The average molecular weight is 247 g/mol. The second-order valence-corrected chi connectivity index (χ2v) is 4.80. The van der Waals surface area contributed by atoms with Crippen LogP contribution in [0, 0.1) is 6.92 Å². The molecule has 0 saturated heterocycles. The number of aromatic nitrogens is 2. The maximum absolute atomic E-state index is 6.12. The van der Waals surface area contributed by atoms with E-state index < -0.39 is 0 Å². The largest absolute Gasteiger partial charge is 0.465 e. The van der Waals surface area contributed by atoms with Gasteiger partial charge in [0.2, 0.25) is 0 Å². The lowest BCUT2D eigenvalue weighted by Gasteiger charge is -2.09. The number of hydrogen-bond acceptors (Lipinski definition) is 3. The van der Waals surface area contributed by atoms with Crippen molar-refractivity contribution >= 4 is 0 Å². The molecule has 2 aromatic heterocycles. The van der Waals surface area contributed by atoms with Crippen molar-refractivity contribution in [3.05, 3.63) is 41.6 Å². The van der Waals surface area contributed by atoms with Crippen LogP contribution in [0.25, 0.3) is 0 Å². The van der Waals surface area contributed by atoms with Crippen molar-refractivity contribution in [3.8, 4) is 0 Å². The summed E-state index contributed by atoms with van der Waals surface area (Å²) in [7, 11) is 0. The van der Waals surface area contributed by atoms with Gasteiger partial charge in [-0.3, -0.25) is 4.68 Å². The molecule has 2 unspecified atom stereocenters. The monoisotopic (exact) mass is 247 g/mol. The standard InChI is InChI=1S/C14H21N3O/c1-4-10(2)17-8-7-12(16-17)9-13(15)14-6-5-11(3)18-14/h5-8,10,13H,4,9,15H2,1-3H3. The van der Waals surface area contributed by atoms with Crippen LogP contribution in [0.3, 0.4) is 0 Å². The van der Waals surface area contributed by atoms with Gasteiger partial charge in [0.1, 0.15) is 11.5 Å². The smallest absolute Gasteiger partial charge is 0.121 e. The van der Waals surface area contributed by atoms with Crippen LogP contribution in [0.2, 0.25) is 0 Å². The summed E-state index contributed by atoms with van der Waals surface area (Å²) in [5.74, 6) is 1.72. The molecule has 0 aliphatic rings. The molecule has 0 aliphatic heterocycles. The molecular weight excluding hydrogens is 226 g/mol. The minimum absolute atomic E-state index is 0.126. The van der Waals surface area contributed by atoms with Gasteiger partial charge in [0, 0.05) is 18.7 Å². The lowest BCUT2D eigenvalue weighted by Crippen LogP contribution is -2.13. The van der Waals surface area contributed by atoms with Crippen molar-refractivity contribution in [2.24, 2.45) is 5.73 Å². The number of nitrogens with two attached hydrogens (primary N) is 1. The van der Waals surface area contributed by atoms with Gasteiger partial charge in [-0.05, 0) is 38.5 Å². The van der Waals surface area contributed by atoms with Crippen LogP contribution >= 0.6 is 0 Å². The van der Waals surface area contributed by atoms with Gasteiger partial charge in [-0.1, -0.05) is 6.92 Å². The second kappa shape index (κ2) is 5.40. The SMILES string of the molecule is CCC(C)n1ccc(CC(N)c2ccc(C)o2)n1. The Labute approximate surface area is 108 Å². The first-order valence-electron chi connectivity index (χ1n) is 6.46. The van der Waals surface area contributed by atoms with Gasteiger partial charge in [0.15, 0.2) is 0 Å². The number of rotatable bonds is 5. The number of aryl methyl sites for hydroxylation is 1. The van der Waals surface area contributed by atoms with E-state index in [1.165, 1.54) is 0 Å². The highest BCUT2D eigenvalue weighted by atomic mass is 16.3. The predicted octanol–water partition coefficient (Wildman–Crippen LogP) is 3.00. The summed E-state index contributed by atoms with van der Waals surface area (Å²) in [5, 5.41) is 4.55. The Morgan fingerprint density at radius 3 is 2.78 bits per heavy atom. The van der Waals surface area contributed by atoms with Gasteiger partial charge >= 0.3 is 0 Å². The zero-order chi connectivity index (χ0) is 13.1. The Bertz CT molecular complexity index is 501. The molecule has 0 saturated carbocycles. The quantitative estimate of drug-likeness (QED) is 0.883. The lowest BCUT2D eigenvalue weighted by atomic mass is 10.1. The molecule has 4 nitrogen and oxygen atoms in total. The molecule has 0 aromatic carbocycles. The molecule has 2 heterocycles. The van der Waals surface area contributed by atoms with E-state index in [1.54, 1.807) is 0 Å². The molecule has 4 heteroatoms. The highest BCUT2D eigenvalue weighted by Crippen LogP contribution is 2.18. The predicted molar refractivity (Wildman–Crippen MR) is 71.3 cm³/mol. The highest BCUT2D eigenvalue weighted by molar-refractivity contribution is 5.12. The average Bonchev–Trinajstić information content (AvgIpc) is 2.97. The van der Waals surface area contributed by atoms with Crippen molar-refractivity contribution in [2.45, 2.75) is 45.7 Å². The van der Waals surface area contributed by atoms with Crippen LogP contribution < -0.4 is 5.73 Å². The van der Waals surface area contributed by atoms with Gasteiger partial charge in [-0.25, -0.2) is 0 Å². The van der Waals surface area contributed by atoms with Gasteiger partial charge in [-0.15, -0.1) is 0 Å². The Morgan fingerprint density at radius 2 is 2.17 bits per heavy atom. The third kappa shape index (κ3) is 2.82. The van der Waals surface area contributed by atoms with Crippen LogP contribution in [0.4, 0.5) is 0 Å². The maximum atomic E-state index is 6.12. The summed E-state index contributed by atoms with van der Waals surface area (Å²) in [6.45, 7) is 6.24. The van der Waals surface area contributed by atoms with E-state index in [0.29, 0.717) is 12.5 Å². The van der Waals surface area contributed by atoms with E-state index in [1.807, 2.05) is 36.0 Å². The Hall–Kier alpha value is -1.55. The van der Waals surface area contributed by atoms with Crippen LogP contribution in [0.1, 0.15) is 49.6 Å². The summed E-state index contributed by atoms with van der Waals surface area (Å²) in [4.78, 5) is 0. The molecule has 0 radical (unpaired) electrons. The van der Waals surface area contributed by atoms with Gasteiger partial charge in [0.05, 0.1) is 11.7 Å². The Morgan fingerprint density at radius 1 is 1.39 bits per heavy atom. The minimum Gasteiger partial charge on any atom is -0.465 e. The third-order valence-electron chi connectivity index (χ3n) is 3.26. The van der Waals surface area contributed by atoms with Crippen LogP contribution in [0.5, 0.6) is 0 Å². The summed E-state index contributed by atoms with van der Waals surface area (Å²) < 4.78 is 7.53. The summed E-state index contributed by atoms with van der Waals surface area (Å²) in [5.41, 5.74) is 7.13. The van der Waals surface area contributed by atoms with E-state index in [0.717, 1.165) is 23.6 Å². The lowest BCUT2D eigenvalue weighted by molar-refractivity contribution is 0.438. The van der Waals surface area contributed by atoms with E-state index >= 15 is 0 Å². The maximum Gasteiger partial charge on any atom is 0.121 e. The fraction of sp³-hybridized carbons (Fsp3) is 0.500. The first kappa shape index (κ1) is 12.9. The normalized spacial score (nSPS) is 14.7. The molecule has 18 heavy (non-hydrogen) atoms. The third-order valence-corrected chi connectivity index (χ3v) is 3.26. The van der Waals surface area contributed by atoms with Gasteiger partial charge in [-0.2, -0.15) is 5.10 Å². The minimum atomic E-state index is -0.126. The molecule has 2 N–H and O–H groups in total. The van der Waals surface area contributed by atoms with Crippen LogP contribution in [-0.2, 0) is 6.42 Å². The molecule has 0 bridgehead atoms.